The van der Waals surface area contributed by atoms with Gasteiger partial charge in [-0.25, -0.2) is 4.98 Å². The Hall–Kier alpha value is -3.59. The molecule has 4 rings (SSSR count). The molecule has 0 amide bonds. The van der Waals surface area contributed by atoms with E-state index in [0.717, 1.165) is 27.7 Å². The van der Waals surface area contributed by atoms with Gasteiger partial charge in [-0.15, -0.1) is 0 Å². The van der Waals surface area contributed by atoms with E-state index in [-0.39, 0.29) is 5.75 Å². The zero-order valence-corrected chi connectivity index (χ0v) is 14.2. The standard InChI is InChI=1S/C20H16N4O2/c1-13-11-23-20-15(5-8-22-20)19(13)14-4-2-3-7-21-18(10-14)24-9-6-16(25)17(26)12-24/h5-6,8-12,26H,4,7H2,1H3,(H,22,23)/b14-10+,21-18?. The molecule has 0 spiro atoms. The van der Waals surface area contributed by atoms with Gasteiger partial charge in [-0.3, -0.25) is 9.79 Å². The smallest absolute Gasteiger partial charge is 0.223 e. The van der Waals surface area contributed by atoms with Crippen LogP contribution in [0.3, 0.4) is 0 Å². The normalized spacial score (nSPS) is 16.0. The maximum Gasteiger partial charge on any atom is 0.223 e. The number of nitrogens with zero attached hydrogens (tertiary/aromatic N) is 3. The molecule has 128 valence electrons. The van der Waals surface area contributed by atoms with E-state index in [2.05, 4.69) is 26.8 Å². The van der Waals surface area contributed by atoms with Crippen LogP contribution in [0.5, 0.6) is 5.75 Å². The van der Waals surface area contributed by atoms with Crippen LogP contribution in [0.25, 0.3) is 16.6 Å². The number of nitrogens with one attached hydrogen (secondary N) is 1. The lowest BCUT2D eigenvalue weighted by molar-refractivity contribution is 0.466. The summed E-state index contributed by atoms with van der Waals surface area (Å²) in [4.78, 5) is 23.5. The van der Waals surface area contributed by atoms with E-state index >= 15 is 0 Å². The number of aromatic hydroxyl groups is 1. The van der Waals surface area contributed by atoms with Gasteiger partial charge in [0.2, 0.25) is 5.43 Å². The van der Waals surface area contributed by atoms with Crippen molar-refractivity contribution in [2.45, 2.75) is 13.3 Å². The van der Waals surface area contributed by atoms with E-state index in [4.69, 9.17) is 0 Å². The van der Waals surface area contributed by atoms with Gasteiger partial charge in [-0.2, -0.15) is 0 Å². The van der Waals surface area contributed by atoms with E-state index in [1.165, 1.54) is 12.3 Å². The van der Waals surface area contributed by atoms with Crippen molar-refractivity contribution in [1.29, 1.82) is 0 Å². The minimum absolute atomic E-state index is 0.314. The number of fused-ring (bicyclic) bond motifs is 1. The Morgan fingerprint density at radius 2 is 2.19 bits per heavy atom. The highest BCUT2D eigenvalue weighted by Gasteiger charge is 2.13. The molecule has 3 aromatic heterocycles. The van der Waals surface area contributed by atoms with Crippen molar-refractivity contribution in [3.8, 4) is 17.6 Å². The Kier molecular flexibility index (Phi) is 3.90. The Morgan fingerprint density at radius 1 is 1.31 bits per heavy atom. The van der Waals surface area contributed by atoms with Gasteiger partial charge >= 0.3 is 0 Å². The molecule has 3 aromatic rings. The van der Waals surface area contributed by atoms with E-state index in [1.54, 1.807) is 10.8 Å². The van der Waals surface area contributed by atoms with Crippen LogP contribution in [0.1, 0.15) is 17.5 Å². The van der Waals surface area contributed by atoms with Crippen molar-refractivity contribution in [3.05, 3.63) is 64.3 Å². The fraction of sp³-hybridized carbons (Fsp3) is 0.150. The van der Waals surface area contributed by atoms with Gasteiger partial charge in [0.25, 0.3) is 0 Å². The fourth-order valence-corrected chi connectivity index (χ4v) is 3.05. The summed E-state index contributed by atoms with van der Waals surface area (Å²) < 4.78 is 1.63. The molecule has 6 heteroatoms. The Balaban J connectivity index is 1.90. The van der Waals surface area contributed by atoms with Crippen LogP contribution >= 0.6 is 0 Å². The second-order valence-electron chi connectivity index (χ2n) is 6.03. The third-order valence-electron chi connectivity index (χ3n) is 4.29. The molecule has 6 nitrogen and oxygen atoms in total. The number of hydrogen-bond donors (Lipinski definition) is 2. The molecular formula is C20H16N4O2. The molecule has 1 aliphatic rings. The molecule has 26 heavy (non-hydrogen) atoms. The minimum atomic E-state index is -0.421. The number of hydrogen-bond acceptors (Lipinski definition) is 4. The highest BCUT2D eigenvalue weighted by molar-refractivity contribution is 6.04. The number of rotatable bonds is 1. The number of aromatic amines is 1. The van der Waals surface area contributed by atoms with Crippen molar-refractivity contribution >= 4 is 22.4 Å². The molecular weight excluding hydrogens is 328 g/mol. The highest BCUT2D eigenvalue weighted by Crippen LogP contribution is 2.29. The summed E-state index contributed by atoms with van der Waals surface area (Å²) in [7, 11) is 0. The van der Waals surface area contributed by atoms with Gasteiger partial charge in [0.05, 0.1) is 6.20 Å². The summed E-state index contributed by atoms with van der Waals surface area (Å²) >= 11 is 0. The monoisotopic (exact) mass is 344 g/mol. The number of allylic oxidation sites excluding steroid dienone is 2. The van der Waals surface area contributed by atoms with Crippen LogP contribution in [-0.2, 0) is 0 Å². The Bertz CT molecular complexity index is 1190. The van der Waals surface area contributed by atoms with Crippen molar-refractivity contribution in [2.75, 3.05) is 6.54 Å². The first-order chi connectivity index (χ1) is 12.6. The lowest BCUT2D eigenvalue weighted by Gasteiger charge is -2.14. The number of H-pyrrole nitrogens is 1. The van der Waals surface area contributed by atoms with Gasteiger partial charge < -0.3 is 14.7 Å². The first-order valence-corrected chi connectivity index (χ1v) is 8.19. The Morgan fingerprint density at radius 3 is 3.04 bits per heavy atom. The number of pyridine rings is 2. The number of aromatic nitrogens is 3. The summed E-state index contributed by atoms with van der Waals surface area (Å²) in [5, 5.41) is 10.8. The molecule has 0 saturated heterocycles. The predicted octanol–water partition coefficient (Wildman–Crippen LogP) is 2.48. The summed E-state index contributed by atoms with van der Waals surface area (Å²) in [6, 6.07) is 3.32. The number of aliphatic imine (C=N–C) groups is 1. The largest absolute Gasteiger partial charge is 0.503 e. The summed E-state index contributed by atoms with van der Waals surface area (Å²) in [5.41, 5.74) is 3.54. The van der Waals surface area contributed by atoms with E-state index in [1.807, 2.05) is 31.5 Å². The second kappa shape index (κ2) is 6.37. The molecule has 0 aliphatic carbocycles. The molecule has 0 saturated carbocycles. The minimum Gasteiger partial charge on any atom is -0.503 e. The maximum absolute atomic E-state index is 11.5. The van der Waals surface area contributed by atoms with Crippen LogP contribution in [0.15, 0.2) is 52.8 Å². The first kappa shape index (κ1) is 15.9. The molecule has 0 unspecified atom stereocenters. The van der Waals surface area contributed by atoms with E-state index < -0.39 is 5.43 Å². The van der Waals surface area contributed by atoms with Crippen LogP contribution in [0.4, 0.5) is 0 Å². The molecule has 0 aromatic carbocycles. The number of aryl methyl sites for hydroxylation is 1. The van der Waals surface area contributed by atoms with Crippen LogP contribution < -0.4 is 5.43 Å². The Labute approximate surface area is 149 Å². The lowest BCUT2D eigenvalue weighted by Crippen LogP contribution is -2.14. The quantitative estimate of drug-likeness (QED) is 0.665. The van der Waals surface area contributed by atoms with Crippen molar-refractivity contribution < 1.29 is 5.11 Å². The second-order valence-corrected chi connectivity index (χ2v) is 6.03. The van der Waals surface area contributed by atoms with Gasteiger partial charge in [0.1, 0.15) is 18.0 Å². The summed E-state index contributed by atoms with van der Waals surface area (Å²) in [5.74, 6) is 6.48. The van der Waals surface area contributed by atoms with Crippen molar-refractivity contribution in [1.82, 2.24) is 14.5 Å². The molecule has 4 heterocycles. The molecule has 0 radical (unpaired) electrons. The summed E-state index contributed by atoms with van der Waals surface area (Å²) in [6.07, 6.45) is 9.20. The highest BCUT2D eigenvalue weighted by atomic mass is 16.3. The van der Waals surface area contributed by atoms with Gasteiger partial charge in [0.15, 0.2) is 5.75 Å². The molecule has 0 atom stereocenters. The zero-order chi connectivity index (χ0) is 18.1. The van der Waals surface area contributed by atoms with Gasteiger partial charge in [-0.1, -0.05) is 11.8 Å². The average molecular weight is 344 g/mol. The average Bonchev–Trinajstić information content (AvgIpc) is 3.07. The zero-order valence-electron chi connectivity index (χ0n) is 14.2. The maximum atomic E-state index is 11.5. The molecule has 0 bridgehead atoms. The van der Waals surface area contributed by atoms with E-state index in [0.29, 0.717) is 18.8 Å². The fourth-order valence-electron chi connectivity index (χ4n) is 3.05. The summed E-state index contributed by atoms with van der Waals surface area (Å²) in [6.45, 7) is 2.38. The predicted molar refractivity (Wildman–Crippen MR) is 101 cm³/mol. The third kappa shape index (κ3) is 2.80. The van der Waals surface area contributed by atoms with Gasteiger partial charge in [0, 0.05) is 36.5 Å². The van der Waals surface area contributed by atoms with Gasteiger partial charge in [-0.05, 0) is 35.8 Å². The molecule has 2 N–H and O–H groups in total. The van der Waals surface area contributed by atoms with E-state index in [9.17, 15) is 9.90 Å². The van der Waals surface area contributed by atoms with Crippen molar-refractivity contribution in [2.24, 2.45) is 4.99 Å². The van der Waals surface area contributed by atoms with Crippen LogP contribution in [0, 0.1) is 18.8 Å². The van der Waals surface area contributed by atoms with Crippen molar-refractivity contribution in [3.63, 3.8) is 0 Å². The van der Waals surface area contributed by atoms with Crippen LogP contribution in [0.2, 0.25) is 0 Å². The third-order valence-corrected chi connectivity index (χ3v) is 4.29. The molecule has 0 fully saturated rings. The SMILES string of the molecule is Cc1cnc2[nH]ccc2c1/C1=C/C(n2ccc(=O)c(O)c2)=NCC#CC1. The lowest BCUT2D eigenvalue weighted by atomic mass is 9.96. The van der Waals surface area contributed by atoms with Crippen LogP contribution in [-0.4, -0.2) is 32.0 Å². The molecule has 1 aliphatic heterocycles. The topological polar surface area (TPSA) is 83.3 Å². The first-order valence-electron chi connectivity index (χ1n) is 8.19.